The highest BCUT2D eigenvalue weighted by molar-refractivity contribution is 7.98. The molecule has 0 unspecified atom stereocenters. The van der Waals surface area contributed by atoms with E-state index >= 15 is 0 Å². The van der Waals surface area contributed by atoms with E-state index in [2.05, 4.69) is 10.2 Å². The number of benzene rings is 2. The van der Waals surface area contributed by atoms with Crippen molar-refractivity contribution in [1.29, 1.82) is 0 Å². The third kappa shape index (κ3) is 4.27. The molecule has 3 heterocycles. The zero-order valence-electron chi connectivity index (χ0n) is 17.5. The summed E-state index contributed by atoms with van der Waals surface area (Å²) in [6.45, 7) is 2.17. The Labute approximate surface area is 197 Å². The monoisotopic (exact) mass is 479 g/mol. The fourth-order valence-electron chi connectivity index (χ4n) is 3.59. The van der Waals surface area contributed by atoms with Crippen LogP contribution < -0.4 is 5.63 Å². The molecule has 0 aliphatic carbocycles. The summed E-state index contributed by atoms with van der Waals surface area (Å²) in [5, 5.41) is 20.9. The molecule has 0 aliphatic rings. The number of aromatic nitrogens is 3. The predicted molar refractivity (Wildman–Crippen MR) is 127 cm³/mol. The van der Waals surface area contributed by atoms with Crippen LogP contribution in [0.2, 0.25) is 5.02 Å². The maximum Gasteiger partial charge on any atom is 0.336 e. The summed E-state index contributed by atoms with van der Waals surface area (Å²) < 4.78 is 12.9. The molecule has 5 rings (SSSR count). The summed E-state index contributed by atoms with van der Waals surface area (Å²) in [5.41, 5.74) is 2.11. The van der Waals surface area contributed by atoms with Crippen LogP contribution in [-0.2, 0) is 12.3 Å². The van der Waals surface area contributed by atoms with E-state index in [0.29, 0.717) is 39.4 Å². The molecule has 3 aromatic heterocycles. The third-order valence-electron chi connectivity index (χ3n) is 5.29. The molecule has 1 N–H and O–H groups in total. The summed E-state index contributed by atoms with van der Waals surface area (Å²) in [6, 6.07) is 16.0. The smallest absolute Gasteiger partial charge is 0.336 e. The Morgan fingerprint density at radius 1 is 1.12 bits per heavy atom. The van der Waals surface area contributed by atoms with Gasteiger partial charge >= 0.3 is 5.63 Å². The van der Waals surface area contributed by atoms with Gasteiger partial charge in [0.25, 0.3) is 0 Å². The van der Waals surface area contributed by atoms with Gasteiger partial charge in [-0.1, -0.05) is 23.4 Å². The molecule has 0 spiro atoms. The van der Waals surface area contributed by atoms with Crippen molar-refractivity contribution in [3.63, 3.8) is 0 Å². The number of thioether (sulfide) groups is 1. The second-order valence-electron chi connectivity index (χ2n) is 7.44. The van der Waals surface area contributed by atoms with E-state index in [1.165, 1.54) is 17.8 Å². The van der Waals surface area contributed by atoms with Gasteiger partial charge in [-0.25, -0.2) is 4.79 Å². The van der Waals surface area contributed by atoms with Crippen molar-refractivity contribution >= 4 is 34.3 Å². The largest absolute Gasteiger partial charge is 0.508 e. The molecule has 9 heteroatoms. The number of aryl methyl sites for hydroxylation is 1. The van der Waals surface area contributed by atoms with Crippen LogP contribution in [0.15, 0.2) is 79.6 Å². The Kier molecular flexibility index (Phi) is 5.70. The molecule has 0 amide bonds. The number of phenolic OH excluding ortho intramolecular Hbond substituents is 1. The van der Waals surface area contributed by atoms with Crippen LogP contribution in [0.4, 0.5) is 0 Å². The summed E-state index contributed by atoms with van der Waals surface area (Å²) in [6.07, 6.45) is 1.63. The molecule has 7 nitrogen and oxygen atoms in total. The van der Waals surface area contributed by atoms with Crippen LogP contribution in [-0.4, -0.2) is 19.9 Å². The number of furan rings is 1. The lowest BCUT2D eigenvalue weighted by Gasteiger charge is -2.10. The second kappa shape index (κ2) is 8.80. The SMILES string of the molecule is Cc1c(O)ccc2c(CSc3nnc(-c4ccc(Cl)cc4)n3Cc3ccco3)cc(=O)oc12. The molecule has 33 heavy (non-hydrogen) atoms. The van der Waals surface area contributed by atoms with E-state index in [1.54, 1.807) is 25.3 Å². The molecule has 0 saturated carbocycles. The number of hydrogen-bond acceptors (Lipinski definition) is 7. The van der Waals surface area contributed by atoms with Gasteiger partial charge in [0, 0.05) is 33.4 Å². The number of fused-ring (bicyclic) bond motifs is 1. The number of phenols is 1. The minimum Gasteiger partial charge on any atom is -0.508 e. The van der Waals surface area contributed by atoms with Crippen LogP contribution in [0.3, 0.4) is 0 Å². The molecule has 0 bridgehead atoms. The summed E-state index contributed by atoms with van der Waals surface area (Å²) in [7, 11) is 0. The van der Waals surface area contributed by atoms with Crippen molar-refractivity contribution in [3.05, 3.63) is 93.2 Å². The quantitative estimate of drug-likeness (QED) is 0.248. The maximum absolute atomic E-state index is 12.2. The average molecular weight is 480 g/mol. The normalized spacial score (nSPS) is 11.3. The van der Waals surface area contributed by atoms with Crippen molar-refractivity contribution in [1.82, 2.24) is 14.8 Å². The van der Waals surface area contributed by atoms with Gasteiger partial charge in [-0.2, -0.15) is 0 Å². The molecule has 0 fully saturated rings. The summed E-state index contributed by atoms with van der Waals surface area (Å²) >= 11 is 7.50. The Bertz CT molecular complexity index is 1490. The summed E-state index contributed by atoms with van der Waals surface area (Å²) in [4.78, 5) is 12.2. The maximum atomic E-state index is 12.2. The first-order valence-electron chi connectivity index (χ1n) is 10.1. The minimum absolute atomic E-state index is 0.0845. The first kappa shape index (κ1) is 21.4. The number of aromatic hydroxyl groups is 1. The van der Waals surface area contributed by atoms with Crippen LogP contribution in [0.1, 0.15) is 16.9 Å². The molecule has 166 valence electrons. The van der Waals surface area contributed by atoms with Crippen molar-refractivity contribution in [2.45, 2.75) is 24.4 Å². The van der Waals surface area contributed by atoms with Gasteiger partial charge in [0.2, 0.25) is 0 Å². The fourth-order valence-corrected chi connectivity index (χ4v) is 4.64. The number of halogens is 1. The van der Waals surface area contributed by atoms with E-state index in [4.69, 9.17) is 20.4 Å². The third-order valence-corrected chi connectivity index (χ3v) is 6.56. The van der Waals surface area contributed by atoms with E-state index < -0.39 is 5.63 Å². The number of hydrogen-bond donors (Lipinski definition) is 1. The van der Waals surface area contributed by atoms with Gasteiger partial charge in [0.1, 0.15) is 17.1 Å². The zero-order chi connectivity index (χ0) is 22.9. The van der Waals surface area contributed by atoms with E-state index in [9.17, 15) is 9.90 Å². The topological polar surface area (TPSA) is 94.3 Å². The van der Waals surface area contributed by atoms with Gasteiger partial charge in [-0.05, 0) is 61.0 Å². The Balaban J connectivity index is 1.52. The molecule has 0 aliphatic heterocycles. The lowest BCUT2D eigenvalue weighted by molar-refractivity contribution is 0.468. The number of rotatable bonds is 6. The van der Waals surface area contributed by atoms with Crippen molar-refractivity contribution in [2.24, 2.45) is 0 Å². The zero-order valence-corrected chi connectivity index (χ0v) is 19.1. The Morgan fingerprint density at radius 2 is 1.94 bits per heavy atom. The molecule has 2 aromatic carbocycles. The van der Waals surface area contributed by atoms with Crippen molar-refractivity contribution < 1.29 is 13.9 Å². The van der Waals surface area contributed by atoms with Crippen molar-refractivity contribution in [2.75, 3.05) is 0 Å². The first-order chi connectivity index (χ1) is 16.0. The van der Waals surface area contributed by atoms with Crippen molar-refractivity contribution in [3.8, 4) is 17.1 Å². The van der Waals surface area contributed by atoms with Gasteiger partial charge in [0.05, 0.1) is 12.8 Å². The van der Waals surface area contributed by atoms with Crippen LogP contribution in [0.25, 0.3) is 22.4 Å². The fraction of sp³-hybridized carbons (Fsp3) is 0.125. The molecule has 0 radical (unpaired) electrons. The predicted octanol–water partition coefficient (Wildman–Crippen LogP) is 5.65. The lowest BCUT2D eigenvalue weighted by Crippen LogP contribution is -2.04. The van der Waals surface area contributed by atoms with E-state index in [1.807, 2.05) is 41.0 Å². The number of nitrogens with zero attached hydrogens (tertiary/aromatic N) is 3. The lowest BCUT2D eigenvalue weighted by atomic mass is 10.1. The standard InChI is InChI=1S/C24H18ClN3O4S/c1-14-20(29)9-8-19-16(11-21(30)32-22(14)19)13-33-24-27-26-23(15-4-6-17(25)7-5-15)28(24)12-18-3-2-10-31-18/h2-11,29H,12-13H2,1H3. The van der Waals surface area contributed by atoms with E-state index in [-0.39, 0.29) is 5.75 Å². The second-order valence-corrected chi connectivity index (χ2v) is 8.82. The van der Waals surface area contributed by atoms with Gasteiger partial charge < -0.3 is 13.9 Å². The van der Waals surface area contributed by atoms with Gasteiger partial charge in [0.15, 0.2) is 11.0 Å². The molecule has 0 atom stereocenters. The molecule has 0 saturated heterocycles. The van der Waals surface area contributed by atoms with Crippen LogP contribution >= 0.6 is 23.4 Å². The summed E-state index contributed by atoms with van der Waals surface area (Å²) in [5.74, 6) is 2.00. The first-order valence-corrected chi connectivity index (χ1v) is 11.5. The van der Waals surface area contributed by atoms with Gasteiger partial charge in [-0.3, -0.25) is 4.57 Å². The van der Waals surface area contributed by atoms with Crippen LogP contribution in [0, 0.1) is 6.92 Å². The highest BCUT2D eigenvalue weighted by Gasteiger charge is 2.17. The van der Waals surface area contributed by atoms with E-state index in [0.717, 1.165) is 22.3 Å². The minimum atomic E-state index is -0.467. The highest BCUT2D eigenvalue weighted by Crippen LogP contribution is 2.32. The van der Waals surface area contributed by atoms with Gasteiger partial charge in [-0.15, -0.1) is 10.2 Å². The van der Waals surface area contributed by atoms with Crippen LogP contribution in [0.5, 0.6) is 5.75 Å². The Morgan fingerprint density at radius 3 is 2.70 bits per heavy atom. The molecule has 5 aromatic rings. The molecular weight excluding hydrogens is 462 g/mol. The average Bonchev–Trinajstić information content (AvgIpc) is 3.46. The Hall–Kier alpha value is -3.49. The highest BCUT2D eigenvalue weighted by atomic mass is 35.5. The molecular formula is C24H18ClN3O4S.